The molecule has 0 spiro atoms. The van der Waals surface area contributed by atoms with Crippen LogP contribution in [0.4, 0.5) is 0 Å². The molecule has 0 bridgehead atoms. The molecule has 0 aromatic heterocycles. The Labute approximate surface area is 120 Å². The lowest BCUT2D eigenvalue weighted by atomic mass is 9.88. The summed E-state index contributed by atoms with van der Waals surface area (Å²) in [5.74, 6) is 0. The summed E-state index contributed by atoms with van der Waals surface area (Å²) in [6.07, 6.45) is 4.24. The minimum absolute atomic E-state index is 0.356. The van der Waals surface area contributed by atoms with Crippen molar-refractivity contribution in [3.05, 3.63) is 0 Å². The van der Waals surface area contributed by atoms with E-state index in [1.54, 1.807) is 20.8 Å². The van der Waals surface area contributed by atoms with Gasteiger partial charge in [-0.05, 0) is 52.9 Å². The molecule has 0 amide bonds. The van der Waals surface area contributed by atoms with Gasteiger partial charge in [-0.3, -0.25) is 0 Å². The molecule has 0 unspecified atom stereocenters. The van der Waals surface area contributed by atoms with E-state index < -0.39 is 14.8 Å². The van der Waals surface area contributed by atoms with Crippen molar-refractivity contribution in [2.75, 3.05) is 0 Å². The van der Waals surface area contributed by atoms with Crippen molar-refractivity contribution < 1.29 is 8.42 Å². The zero-order chi connectivity index (χ0) is 15.5. The van der Waals surface area contributed by atoms with Gasteiger partial charge in [0.2, 0.25) is 10.0 Å². The van der Waals surface area contributed by atoms with Crippen molar-refractivity contribution in [1.29, 1.82) is 0 Å². The molecule has 0 saturated carbocycles. The van der Waals surface area contributed by atoms with Gasteiger partial charge in [0, 0.05) is 5.54 Å². The van der Waals surface area contributed by atoms with Crippen LogP contribution in [0.2, 0.25) is 0 Å². The van der Waals surface area contributed by atoms with E-state index >= 15 is 0 Å². The molecule has 0 rings (SSSR count). The van der Waals surface area contributed by atoms with Crippen LogP contribution >= 0.6 is 0 Å². The third-order valence-corrected chi connectivity index (χ3v) is 5.63. The SMILES string of the molecule is CC(C)(C)CCCCC(C)(C)NS(=O)(=O)C(C)(C)C. The fourth-order valence-electron chi connectivity index (χ4n) is 1.79. The van der Waals surface area contributed by atoms with Crippen LogP contribution in [-0.2, 0) is 10.0 Å². The fourth-order valence-corrected chi connectivity index (χ4v) is 2.93. The van der Waals surface area contributed by atoms with E-state index in [1.807, 2.05) is 13.8 Å². The quantitative estimate of drug-likeness (QED) is 0.749. The van der Waals surface area contributed by atoms with Crippen LogP contribution in [-0.4, -0.2) is 18.7 Å². The fraction of sp³-hybridized carbons (Fsp3) is 1.00. The number of hydrogen-bond donors (Lipinski definition) is 1. The molecule has 0 fully saturated rings. The zero-order valence-electron chi connectivity index (χ0n) is 14.1. The molecular weight excluding hydrogens is 258 g/mol. The van der Waals surface area contributed by atoms with Crippen LogP contribution in [0.25, 0.3) is 0 Å². The second kappa shape index (κ2) is 6.13. The first-order valence-electron chi connectivity index (χ1n) is 7.20. The van der Waals surface area contributed by atoms with Crippen LogP contribution in [0.15, 0.2) is 0 Å². The van der Waals surface area contributed by atoms with Crippen LogP contribution in [0.1, 0.15) is 81.1 Å². The van der Waals surface area contributed by atoms with Gasteiger partial charge in [-0.2, -0.15) is 0 Å². The summed E-state index contributed by atoms with van der Waals surface area (Å²) in [7, 11) is -3.27. The summed E-state index contributed by atoms with van der Waals surface area (Å²) in [6, 6.07) is 0. The van der Waals surface area contributed by atoms with E-state index in [-0.39, 0.29) is 5.54 Å². The summed E-state index contributed by atoms with van der Waals surface area (Å²) < 4.78 is 26.4. The van der Waals surface area contributed by atoms with E-state index in [0.717, 1.165) is 19.3 Å². The van der Waals surface area contributed by atoms with Gasteiger partial charge in [0.1, 0.15) is 0 Å². The lowest BCUT2D eigenvalue weighted by molar-refractivity contribution is 0.335. The van der Waals surface area contributed by atoms with Crippen LogP contribution < -0.4 is 4.72 Å². The van der Waals surface area contributed by atoms with Gasteiger partial charge >= 0.3 is 0 Å². The predicted molar refractivity (Wildman–Crippen MR) is 83.8 cm³/mol. The molecule has 19 heavy (non-hydrogen) atoms. The summed E-state index contributed by atoms with van der Waals surface area (Å²) >= 11 is 0. The van der Waals surface area contributed by atoms with E-state index in [1.165, 1.54) is 6.42 Å². The Bertz CT molecular complexity index is 370. The number of nitrogens with one attached hydrogen (secondary N) is 1. The number of sulfonamides is 1. The maximum atomic E-state index is 12.1. The Kier molecular flexibility index (Phi) is 6.10. The maximum Gasteiger partial charge on any atom is 0.217 e. The second-order valence-electron chi connectivity index (χ2n) is 8.37. The Hall–Kier alpha value is -0.0900. The highest BCUT2D eigenvalue weighted by Crippen LogP contribution is 2.25. The highest BCUT2D eigenvalue weighted by atomic mass is 32.2. The summed E-state index contributed by atoms with van der Waals surface area (Å²) in [4.78, 5) is 0. The van der Waals surface area contributed by atoms with Gasteiger partial charge in [0.15, 0.2) is 0 Å². The van der Waals surface area contributed by atoms with Crippen molar-refractivity contribution in [2.24, 2.45) is 5.41 Å². The number of unbranched alkanes of at least 4 members (excludes halogenated alkanes) is 1. The minimum atomic E-state index is -3.27. The third-order valence-electron chi connectivity index (χ3n) is 3.20. The lowest BCUT2D eigenvalue weighted by Gasteiger charge is -2.31. The van der Waals surface area contributed by atoms with E-state index in [9.17, 15) is 8.42 Å². The van der Waals surface area contributed by atoms with Crippen molar-refractivity contribution in [1.82, 2.24) is 4.72 Å². The number of rotatable bonds is 6. The standard InChI is InChI=1S/C15H33NO2S/c1-13(2,3)11-9-10-12-15(7,8)16-19(17,18)14(4,5)6/h16H,9-12H2,1-8H3. The average molecular weight is 292 g/mol. The van der Waals surface area contributed by atoms with E-state index in [2.05, 4.69) is 25.5 Å². The summed E-state index contributed by atoms with van der Waals surface area (Å²) in [5.41, 5.74) is -0.0148. The molecule has 0 aromatic rings. The Balaban J connectivity index is 4.35. The first-order valence-corrected chi connectivity index (χ1v) is 8.68. The first kappa shape index (κ1) is 18.9. The third kappa shape index (κ3) is 7.93. The molecule has 0 aromatic carbocycles. The zero-order valence-corrected chi connectivity index (χ0v) is 14.9. The maximum absolute atomic E-state index is 12.1. The van der Waals surface area contributed by atoms with E-state index in [4.69, 9.17) is 0 Å². The Morgan fingerprint density at radius 3 is 1.58 bits per heavy atom. The van der Waals surface area contributed by atoms with Gasteiger partial charge in [-0.1, -0.05) is 33.6 Å². The molecule has 0 atom stereocenters. The normalized spacial score (nSPS) is 14.7. The molecule has 116 valence electrons. The van der Waals surface area contributed by atoms with Crippen molar-refractivity contribution in [3.8, 4) is 0 Å². The van der Waals surface area contributed by atoms with E-state index in [0.29, 0.717) is 5.41 Å². The monoisotopic (exact) mass is 291 g/mol. The highest BCUT2D eigenvalue weighted by Gasteiger charge is 2.34. The second-order valence-corrected chi connectivity index (χ2v) is 10.8. The molecule has 0 radical (unpaired) electrons. The van der Waals surface area contributed by atoms with Gasteiger partial charge in [0.25, 0.3) is 0 Å². The van der Waals surface area contributed by atoms with Gasteiger partial charge in [0.05, 0.1) is 4.75 Å². The first-order chi connectivity index (χ1) is 8.16. The molecule has 0 aliphatic carbocycles. The van der Waals surface area contributed by atoms with Gasteiger partial charge in [-0.25, -0.2) is 13.1 Å². The lowest BCUT2D eigenvalue weighted by Crippen LogP contribution is -2.50. The summed E-state index contributed by atoms with van der Waals surface area (Å²) in [6.45, 7) is 15.8. The van der Waals surface area contributed by atoms with Crippen LogP contribution in [0.3, 0.4) is 0 Å². The van der Waals surface area contributed by atoms with Crippen LogP contribution in [0, 0.1) is 5.41 Å². The van der Waals surface area contributed by atoms with Gasteiger partial charge < -0.3 is 0 Å². The van der Waals surface area contributed by atoms with Crippen LogP contribution in [0.5, 0.6) is 0 Å². The molecule has 3 nitrogen and oxygen atoms in total. The molecular formula is C15H33NO2S. The molecule has 1 N–H and O–H groups in total. The minimum Gasteiger partial charge on any atom is -0.212 e. The summed E-state index contributed by atoms with van der Waals surface area (Å²) in [5, 5.41) is 0. The highest BCUT2D eigenvalue weighted by molar-refractivity contribution is 7.90. The van der Waals surface area contributed by atoms with Crippen molar-refractivity contribution in [2.45, 2.75) is 91.4 Å². The molecule has 4 heteroatoms. The Morgan fingerprint density at radius 1 is 0.789 bits per heavy atom. The molecule has 0 heterocycles. The molecule has 0 aliphatic rings. The van der Waals surface area contributed by atoms with Crippen molar-refractivity contribution in [3.63, 3.8) is 0 Å². The largest absolute Gasteiger partial charge is 0.217 e. The average Bonchev–Trinajstić information content (AvgIpc) is 2.07. The smallest absolute Gasteiger partial charge is 0.212 e. The topological polar surface area (TPSA) is 46.2 Å². The Morgan fingerprint density at radius 2 is 1.21 bits per heavy atom. The number of hydrogen-bond acceptors (Lipinski definition) is 2. The molecule has 0 aliphatic heterocycles. The predicted octanol–water partition coefficient (Wildman–Crippen LogP) is 4.09. The van der Waals surface area contributed by atoms with Gasteiger partial charge in [-0.15, -0.1) is 0 Å². The van der Waals surface area contributed by atoms with Crippen molar-refractivity contribution >= 4 is 10.0 Å². The molecule has 0 saturated heterocycles.